The molecule has 26 heavy (non-hydrogen) atoms. The molecule has 1 aliphatic heterocycles. The molecule has 0 radical (unpaired) electrons. The summed E-state index contributed by atoms with van der Waals surface area (Å²) in [6.07, 6.45) is 4.28. The summed E-state index contributed by atoms with van der Waals surface area (Å²) < 4.78 is 23.7. The Morgan fingerprint density at radius 1 is 1.12 bits per heavy atom. The zero-order valence-electron chi connectivity index (χ0n) is 14.5. The number of hydrogen-bond donors (Lipinski definition) is 0. The average Bonchev–Trinajstić information content (AvgIpc) is 3.13. The molecule has 6 nitrogen and oxygen atoms in total. The van der Waals surface area contributed by atoms with Gasteiger partial charge in [0.15, 0.2) is 0 Å². The number of hydrogen-bond acceptors (Lipinski definition) is 6. The molecule has 0 unspecified atom stereocenters. The van der Waals surface area contributed by atoms with E-state index in [9.17, 15) is 4.39 Å². The van der Waals surface area contributed by atoms with Crippen LogP contribution in [0.15, 0.2) is 35.0 Å². The smallest absolute Gasteiger partial charge is 0.276 e. The molecule has 4 heterocycles. The van der Waals surface area contributed by atoms with Crippen molar-refractivity contribution in [1.29, 1.82) is 0 Å². The molecule has 3 aromatic heterocycles. The van der Waals surface area contributed by atoms with Gasteiger partial charge in [-0.1, -0.05) is 5.16 Å². The maximum Gasteiger partial charge on any atom is 0.276 e. The van der Waals surface area contributed by atoms with E-state index >= 15 is 0 Å². The molecule has 0 atom stereocenters. The van der Waals surface area contributed by atoms with Crippen molar-refractivity contribution >= 4 is 0 Å². The number of rotatable bonds is 4. The first-order chi connectivity index (χ1) is 12.7. The van der Waals surface area contributed by atoms with E-state index in [1.807, 2.05) is 13.0 Å². The molecule has 4 rings (SSSR count). The maximum atomic E-state index is 13.0. The third-order valence-corrected chi connectivity index (χ3v) is 4.48. The third kappa shape index (κ3) is 3.77. The maximum absolute atomic E-state index is 13.0. The van der Waals surface area contributed by atoms with Crippen LogP contribution in [0.1, 0.15) is 24.1 Å². The summed E-state index contributed by atoms with van der Waals surface area (Å²) in [7, 11) is 0. The Morgan fingerprint density at radius 2 is 1.96 bits per heavy atom. The highest BCUT2D eigenvalue weighted by molar-refractivity contribution is 5.55. The van der Waals surface area contributed by atoms with Crippen LogP contribution >= 0.6 is 0 Å². The predicted octanol–water partition coefficient (Wildman–Crippen LogP) is 3.61. The summed E-state index contributed by atoms with van der Waals surface area (Å²) in [5.41, 5.74) is 3.23. The second kappa shape index (κ2) is 7.29. The lowest BCUT2D eigenvalue weighted by atomic mass is 9.92. The van der Waals surface area contributed by atoms with Gasteiger partial charge in [0.25, 0.3) is 5.89 Å². The second-order valence-corrected chi connectivity index (χ2v) is 6.55. The van der Waals surface area contributed by atoms with Crippen molar-refractivity contribution in [2.24, 2.45) is 5.92 Å². The molecular weight excluding hydrogens is 335 g/mol. The van der Waals surface area contributed by atoms with Crippen molar-refractivity contribution in [3.05, 3.63) is 47.5 Å². The van der Waals surface area contributed by atoms with Gasteiger partial charge in [-0.3, -0.25) is 0 Å². The Hall–Kier alpha value is -2.67. The summed E-state index contributed by atoms with van der Waals surface area (Å²) >= 11 is 0. The van der Waals surface area contributed by atoms with Crippen LogP contribution in [-0.2, 0) is 11.2 Å². The minimum Gasteiger partial charge on any atom is -0.381 e. The largest absolute Gasteiger partial charge is 0.381 e. The Morgan fingerprint density at radius 3 is 2.73 bits per heavy atom. The van der Waals surface area contributed by atoms with E-state index in [0.717, 1.165) is 44.4 Å². The van der Waals surface area contributed by atoms with Crippen LogP contribution in [0.3, 0.4) is 0 Å². The molecule has 0 saturated carbocycles. The van der Waals surface area contributed by atoms with E-state index < -0.39 is 5.82 Å². The number of ether oxygens (including phenoxy) is 1. The van der Waals surface area contributed by atoms with Crippen LogP contribution in [0, 0.1) is 18.7 Å². The SMILES string of the molecule is Cc1cc(CC2CCOCC2)cc(-c2noc(-c3ccc(F)cn3)n2)n1. The topological polar surface area (TPSA) is 73.9 Å². The Kier molecular flexibility index (Phi) is 4.71. The lowest BCUT2D eigenvalue weighted by Gasteiger charge is -2.22. The highest BCUT2D eigenvalue weighted by Crippen LogP contribution is 2.24. The Labute approximate surface area is 150 Å². The second-order valence-electron chi connectivity index (χ2n) is 6.55. The van der Waals surface area contributed by atoms with Crippen LogP contribution < -0.4 is 0 Å². The summed E-state index contributed by atoms with van der Waals surface area (Å²) in [4.78, 5) is 12.9. The van der Waals surface area contributed by atoms with E-state index in [2.05, 4.69) is 26.2 Å². The highest BCUT2D eigenvalue weighted by Gasteiger charge is 2.17. The highest BCUT2D eigenvalue weighted by atomic mass is 19.1. The van der Waals surface area contributed by atoms with Gasteiger partial charge < -0.3 is 9.26 Å². The zero-order chi connectivity index (χ0) is 17.9. The number of nitrogens with zero attached hydrogens (tertiary/aromatic N) is 4. The van der Waals surface area contributed by atoms with Gasteiger partial charge in [-0.05, 0) is 61.9 Å². The normalized spacial score (nSPS) is 15.3. The molecule has 7 heteroatoms. The molecule has 1 aliphatic rings. The Bertz CT molecular complexity index is 889. The van der Waals surface area contributed by atoms with Crippen molar-refractivity contribution in [2.45, 2.75) is 26.2 Å². The first-order valence-corrected chi connectivity index (χ1v) is 8.69. The molecule has 134 valence electrons. The first-order valence-electron chi connectivity index (χ1n) is 8.69. The first kappa shape index (κ1) is 16.8. The van der Waals surface area contributed by atoms with Gasteiger partial charge in [0.1, 0.15) is 17.2 Å². The standard InChI is InChI=1S/C19H19FN4O2/c1-12-8-14(9-13-4-6-25-7-5-13)10-17(22-12)18-23-19(26-24-18)16-3-2-15(20)11-21-16/h2-3,8,10-11,13H,4-7,9H2,1H3. The van der Waals surface area contributed by atoms with Crippen molar-refractivity contribution in [3.63, 3.8) is 0 Å². The van der Waals surface area contributed by atoms with Gasteiger partial charge in [0, 0.05) is 18.9 Å². The third-order valence-electron chi connectivity index (χ3n) is 4.48. The number of aromatic nitrogens is 4. The molecular formula is C19H19FN4O2. The summed E-state index contributed by atoms with van der Waals surface area (Å²) in [5.74, 6) is 0.867. The molecule has 0 spiro atoms. The Balaban J connectivity index is 1.58. The monoisotopic (exact) mass is 354 g/mol. The van der Waals surface area contributed by atoms with Gasteiger partial charge in [-0.25, -0.2) is 14.4 Å². The fraction of sp³-hybridized carbons (Fsp3) is 0.368. The fourth-order valence-electron chi connectivity index (χ4n) is 3.19. The van der Waals surface area contributed by atoms with Gasteiger partial charge in [-0.15, -0.1) is 0 Å². The number of halogens is 1. The van der Waals surface area contributed by atoms with Gasteiger partial charge >= 0.3 is 0 Å². The molecule has 0 aromatic carbocycles. The van der Waals surface area contributed by atoms with Crippen molar-refractivity contribution in [1.82, 2.24) is 20.1 Å². The molecule has 0 aliphatic carbocycles. The number of aryl methyl sites for hydroxylation is 1. The fourth-order valence-corrected chi connectivity index (χ4v) is 3.19. The number of pyridine rings is 2. The zero-order valence-corrected chi connectivity index (χ0v) is 14.5. The molecule has 0 N–H and O–H groups in total. The van der Waals surface area contributed by atoms with Gasteiger partial charge in [-0.2, -0.15) is 4.98 Å². The molecule has 0 amide bonds. The van der Waals surface area contributed by atoms with Crippen LogP contribution in [0.5, 0.6) is 0 Å². The van der Waals surface area contributed by atoms with Crippen LogP contribution in [0.2, 0.25) is 0 Å². The van der Waals surface area contributed by atoms with Crippen LogP contribution in [-0.4, -0.2) is 33.3 Å². The lowest BCUT2D eigenvalue weighted by Crippen LogP contribution is -2.17. The average molecular weight is 354 g/mol. The quantitative estimate of drug-likeness (QED) is 0.712. The van der Waals surface area contributed by atoms with E-state index in [1.54, 1.807) is 0 Å². The molecule has 0 bridgehead atoms. The van der Waals surface area contributed by atoms with Crippen molar-refractivity contribution in [2.75, 3.05) is 13.2 Å². The summed E-state index contributed by atoms with van der Waals surface area (Å²) in [5, 5.41) is 4.01. The predicted molar refractivity (Wildman–Crippen MR) is 92.7 cm³/mol. The molecule has 1 saturated heterocycles. The molecule has 1 fully saturated rings. The van der Waals surface area contributed by atoms with E-state index in [1.165, 1.54) is 17.7 Å². The van der Waals surface area contributed by atoms with Gasteiger partial charge in [0.05, 0.1) is 6.20 Å². The van der Waals surface area contributed by atoms with Crippen LogP contribution in [0.25, 0.3) is 23.1 Å². The van der Waals surface area contributed by atoms with E-state index in [4.69, 9.17) is 9.26 Å². The van der Waals surface area contributed by atoms with E-state index in [0.29, 0.717) is 23.1 Å². The van der Waals surface area contributed by atoms with Crippen molar-refractivity contribution < 1.29 is 13.7 Å². The minimum absolute atomic E-state index is 0.245. The molecule has 3 aromatic rings. The van der Waals surface area contributed by atoms with Gasteiger partial charge in [0.2, 0.25) is 5.82 Å². The summed E-state index contributed by atoms with van der Waals surface area (Å²) in [6, 6.07) is 6.92. The minimum atomic E-state index is -0.411. The van der Waals surface area contributed by atoms with Crippen LogP contribution in [0.4, 0.5) is 4.39 Å². The summed E-state index contributed by atoms with van der Waals surface area (Å²) in [6.45, 7) is 3.63. The van der Waals surface area contributed by atoms with E-state index in [-0.39, 0.29) is 5.89 Å². The lowest BCUT2D eigenvalue weighted by molar-refractivity contribution is 0.0665. The van der Waals surface area contributed by atoms with Crippen molar-refractivity contribution in [3.8, 4) is 23.1 Å².